The van der Waals surface area contributed by atoms with E-state index in [9.17, 15) is 0 Å². The molecule has 0 amide bonds. The van der Waals surface area contributed by atoms with E-state index in [1.165, 1.54) is 6.42 Å². The van der Waals surface area contributed by atoms with Gasteiger partial charge in [-0.1, -0.05) is 22.9 Å². The molecule has 0 aromatic heterocycles. The molecule has 1 aliphatic carbocycles. The monoisotopic (exact) mass is 163 g/mol. The van der Waals surface area contributed by atoms with Gasteiger partial charge >= 0.3 is 0 Å². The third-order valence-electron chi connectivity index (χ3n) is 1.71. The fraction of sp³-hybridized carbons (Fsp3) is 1.00. The molecule has 1 rings (SSSR count). The molecule has 0 unspecified atom stereocenters. The molecule has 0 spiro atoms. The van der Waals surface area contributed by atoms with Crippen LogP contribution in [0.3, 0.4) is 0 Å². The molecule has 0 heterocycles. The van der Waals surface area contributed by atoms with Gasteiger partial charge in [0.15, 0.2) is 0 Å². The molecule has 0 bridgehead atoms. The lowest BCUT2D eigenvalue weighted by molar-refractivity contribution is 0.594. The van der Waals surface area contributed by atoms with E-state index in [1.807, 2.05) is 0 Å². The van der Waals surface area contributed by atoms with Crippen LogP contribution in [0.15, 0.2) is 0 Å². The second-order valence-corrected chi connectivity index (χ2v) is 3.64. The normalized spacial score (nSPS) is 49.3. The summed E-state index contributed by atoms with van der Waals surface area (Å²) in [6, 6.07) is 0. The minimum atomic E-state index is 0.444. The molecule has 7 heavy (non-hydrogen) atoms. The summed E-state index contributed by atoms with van der Waals surface area (Å²) in [5, 5.41) is 0. The number of alkyl halides is 1. The molecule has 0 aromatic carbocycles. The van der Waals surface area contributed by atoms with Crippen molar-refractivity contribution in [3.05, 3.63) is 0 Å². The van der Waals surface area contributed by atoms with Gasteiger partial charge in [-0.25, -0.2) is 0 Å². The zero-order valence-corrected chi connectivity index (χ0v) is 6.03. The molecule has 2 N–H and O–H groups in total. The van der Waals surface area contributed by atoms with E-state index in [1.54, 1.807) is 0 Å². The van der Waals surface area contributed by atoms with Crippen molar-refractivity contribution < 1.29 is 0 Å². The molecule has 1 saturated carbocycles. The summed E-state index contributed by atoms with van der Waals surface area (Å²) in [5.41, 5.74) is 5.87. The van der Waals surface area contributed by atoms with Crippen LogP contribution in [0.25, 0.3) is 0 Å². The number of hydrogen-bond donors (Lipinski definition) is 1. The number of nitrogens with two attached hydrogens (primary N) is 1. The van der Waals surface area contributed by atoms with E-state index >= 15 is 0 Å². The number of hydrogen-bond acceptors (Lipinski definition) is 1. The standard InChI is InChI=1S/C5H10BrN/c1-5(3-7)2-4(5)6/h4H,2-3,7H2,1H3/t4-,5+/m1/s1. The topological polar surface area (TPSA) is 26.0 Å². The molecule has 42 valence electrons. The van der Waals surface area contributed by atoms with Crippen molar-refractivity contribution in [2.24, 2.45) is 11.1 Å². The van der Waals surface area contributed by atoms with Crippen molar-refractivity contribution in [2.75, 3.05) is 6.54 Å². The van der Waals surface area contributed by atoms with Crippen LogP contribution in [0.1, 0.15) is 13.3 Å². The average Bonchev–Trinajstić information content (AvgIpc) is 2.18. The molecular weight excluding hydrogens is 154 g/mol. The molecule has 2 atom stereocenters. The van der Waals surface area contributed by atoms with Crippen LogP contribution >= 0.6 is 15.9 Å². The van der Waals surface area contributed by atoms with E-state index in [0.29, 0.717) is 10.2 Å². The summed E-state index contributed by atoms with van der Waals surface area (Å²) in [4.78, 5) is 0.699. The van der Waals surface area contributed by atoms with Crippen molar-refractivity contribution in [3.63, 3.8) is 0 Å². The predicted octanol–water partition coefficient (Wildman–Crippen LogP) is 1.12. The second-order valence-electron chi connectivity index (χ2n) is 2.53. The summed E-state index contributed by atoms with van der Waals surface area (Å²) in [6.07, 6.45) is 1.25. The Bertz CT molecular complexity index is 80.1. The molecule has 1 nitrogen and oxygen atoms in total. The summed E-state index contributed by atoms with van der Waals surface area (Å²) in [5.74, 6) is 0. The first-order valence-electron chi connectivity index (χ1n) is 2.53. The highest BCUT2D eigenvalue weighted by Gasteiger charge is 2.46. The lowest BCUT2D eigenvalue weighted by Gasteiger charge is -1.99. The minimum Gasteiger partial charge on any atom is -0.330 e. The van der Waals surface area contributed by atoms with Crippen molar-refractivity contribution in [1.29, 1.82) is 0 Å². The lowest BCUT2D eigenvalue weighted by Crippen LogP contribution is -2.13. The highest BCUT2D eigenvalue weighted by atomic mass is 79.9. The van der Waals surface area contributed by atoms with Gasteiger partial charge in [0, 0.05) is 4.83 Å². The van der Waals surface area contributed by atoms with Gasteiger partial charge in [0.05, 0.1) is 0 Å². The Labute approximate surface area is 52.4 Å². The van der Waals surface area contributed by atoms with Crippen LogP contribution in [-0.4, -0.2) is 11.4 Å². The summed E-state index contributed by atoms with van der Waals surface area (Å²) in [7, 11) is 0. The van der Waals surface area contributed by atoms with Crippen molar-refractivity contribution in [2.45, 2.75) is 18.2 Å². The van der Waals surface area contributed by atoms with Crippen LogP contribution < -0.4 is 5.73 Å². The molecule has 1 fully saturated rings. The van der Waals surface area contributed by atoms with Gasteiger partial charge in [0.25, 0.3) is 0 Å². The Morgan fingerprint density at radius 1 is 2.00 bits per heavy atom. The molecule has 1 aliphatic rings. The molecular formula is C5H10BrN. The first-order chi connectivity index (χ1) is 3.19. The maximum atomic E-state index is 5.43. The average molecular weight is 164 g/mol. The fourth-order valence-electron chi connectivity index (χ4n) is 0.562. The van der Waals surface area contributed by atoms with Crippen LogP contribution in [0.4, 0.5) is 0 Å². The second kappa shape index (κ2) is 1.46. The number of rotatable bonds is 1. The minimum absolute atomic E-state index is 0.444. The molecule has 0 aliphatic heterocycles. The maximum Gasteiger partial charge on any atom is 0.0218 e. The molecule has 0 aromatic rings. The summed E-state index contributed by atoms with van der Waals surface area (Å²) >= 11 is 3.48. The van der Waals surface area contributed by atoms with E-state index in [2.05, 4.69) is 22.9 Å². The highest BCUT2D eigenvalue weighted by Crippen LogP contribution is 2.49. The first-order valence-corrected chi connectivity index (χ1v) is 3.45. The van der Waals surface area contributed by atoms with E-state index < -0.39 is 0 Å². The SMILES string of the molecule is C[C@@]1(CN)C[C@H]1Br. The van der Waals surface area contributed by atoms with Gasteiger partial charge < -0.3 is 5.73 Å². The van der Waals surface area contributed by atoms with Crippen molar-refractivity contribution in [3.8, 4) is 0 Å². The molecule has 2 heteroatoms. The predicted molar refractivity (Wildman–Crippen MR) is 34.5 cm³/mol. The maximum absolute atomic E-state index is 5.43. The van der Waals surface area contributed by atoms with E-state index in [4.69, 9.17) is 5.73 Å². The summed E-state index contributed by atoms with van der Waals surface area (Å²) < 4.78 is 0. The van der Waals surface area contributed by atoms with Gasteiger partial charge in [-0.3, -0.25) is 0 Å². The van der Waals surface area contributed by atoms with Gasteiger partial charge in [0.2, 0.25) is 0 Å². The zero-order chi connectivity index (χ0) is 5.49. The zero-order valence-electron chi connectivity index (χ0n) is 4.45. The number of halogens is 1. The Hall–Kier alpha value is 0.440. The van der Waals surface area contributed by atoms with Gasteiger partial charge in [-0.15, -0.1) is 0 Å². The highest BCUT2D eigenvalue weighted by molar-refractivity contribution is 9.09. The van der Waals surface area contributed by atoms with Crippen molar-refractivity contribution in [1.82, 2.24) is 0 Å². The summed E-state index contributed by atoms with van der Waals surface area (Å²) in [6.45, 7) is 3.02. The molecule has 0 radical (unpaired) electrons. The third kappa shape index (κ3) is 0.820. The van der Waals surface area contributed by atoms with Gasteiger partial charge in [-0.05, 0) is 18.4 Å². The Kier molecular flexibility index (Phi) is 1.16. The quantitative estimate of drug-likeness (QED) is 0.577. The van der Waals surface area contributed by atoms with Crippen LogP contribution in [0.2, 0.25) is 0 Å². The fourth-order valence-corrected chi connectivity index (χ4v) is 1.49. The first kappa shape index (κ1) is 5.57. The van der Waals surface area contributed by atoms with Gasteiger partial charge in [0.1, 0.15) is 0 Å². The van der Waals surface area contributed by atoms with Gasteiger partial charge in [-0.2, -0.15) is 0 Å². The van der Waals surface area contributed by atoms with Crippen LogP contribution in [0, 0.1) is 5.41 Å². The van der Waals surface area contributed by atoms with Crippen LogP contribution in [-0.2, 0) is 0 Å². The lowest BCUT2D eigenvalue weighted by atomic mass is 10.2. The van der Waals surface area contributed by atoms with Crippen molar-refractivity contribution >= 4 is 15.9 Å². The third-order valence-corrected chi connectivity index (χ3v) is 3.14. The van der Waals surface area contributed by atoms with E-state index in [-0.39, 0.29) is 0 Å². The largest absolute Gasteiger partial charge is 0.330 e. The Balaban J connectivity index is 2.36. The van der Waals surface area contributed by atoms with Crippen LogP contribution in [0.5, 0.6) is 0 Å². The molecule has 0 saturated heterocycles. The van der Waals surface area contributed by atoms with E-state index in [0.717, 1.165) is 6.54 Å². The smallest absolute Gasteiger partial charge is 0.0218 e. The Morgan fingerprint density at radius 3 is 2.43 bits per heavy atom. The Morgan fingerprint density at radius 2 is 2.43 bits per heavy atom.